The summed E-state index contributed by atoms with van der Waals surface area (Å²) in [6.07, 6.45) is 6.00. The van der Waals surface area contributed by atoms with Crippen LogP contribution in [0.2, 0.25) is 0 Å². The average Bonchev–Trinajstić information content (AvgIpc) is 3.70. The number of Topliss-reactive ketones (excluding diaryl/α,β-unsaturated/α-hetero) is 1. The van der Waals surface area contributed by atoms with Gasteiger partial charge in [0.05, 0.1) is 30.5 Å². The third kappa shape index (κ3) is 4.28. The molecule has 1 N–H and O–H groups in total. The number of carbonyl (C=O) groups excluding carboxylic acids is 1. The summed E-state index contributed by atoms with van der Waals surface area (Å²) in [7, 11) is 3.37. The smallest absolute Gasteiger partial charge is 0.290 e. The quantitative estimate of drug-likeness (QED) is 0.552. The molecule has 2 saturated carbocycles. The largest absolute Gasteiger partial charge is 0.494 e. The Balaban J connectivity index is 1.51. The molecular formula is C23H26N6O3. The molecule has 9 nitrogen and oxygen atoms in total. The van der Waals surface area contributed by atoms with Crippen molar-refractivity contribution in [3.63, 3.8) is 0 Å². The molecule has 3 aromatic rings. The van der Waals surface area contributed by atoms with Crippen molar-refractivity contribution in [1.82, 2.24) is 24.5 Å². The molecule has 32 heavy (non-hydrogen) atoms. The molecule has 0 amide bonds. The molecule has 0 unspecified atom stereocenters. The highest BCUT2D eigenvalue weighted by atomic mass is 16.5. The number of nitrogens with one attached hydrogen (secondary N) is 1. The molecule has 2 aromatic heterocycles. The number of aromatic nitrogens is 5. The Bertz CT molecular complexity index is 1220. The maximum absolute atomic E-state index is 13.2. The summed E-state index contributed by atoms with van der Waals surface area (Å²) in [6, 6.07) is 7.26. The zero-order chi connectivity index (χ0) is 22.2. The van der Waals surface area contributed by atoms with Crippen LogP contribution < -0.4 is 15.6 Å². The van der Waals surface area contributed by atoms with Gasteiger partial charge < -0.3 is 10.1 Å². The monoisotopic (exact) mass is 434 g/mol. The highest BCUT2D eigenvalue weighted by Crippen LogP contribution is 2.36. The zero-order valence-electron chi connectivity index (χ0n) is 18.2. The number of hydrogen-bond donors (Lipinski definition) is 1. The van der Waals surface area contributed by atoms with Crippen molar-refractivity contribution < 1.29 is 9.53 Å². The van der Waals surface area contributed by atoms with Crippen LogP contribution in [0.5, 0.6) is 5.75 Å². The van der Waals surface area contributed by atoms with Crippen LogP contribution in [0, 0.1) is 11.8 Å². The van der Waals surface area contributed by atoms with Crippen LogP contribution in [0.4, 0.5) is 11.4 Å². The third-order valence-electron chi connectivity index (χ3n) is 5.87. The standard InChI is InChI=1S/C23H26N6O3/c1-28-13-24-22(27-28)17-4-3-5-18(21(17)32-2)25-19-10-16(11-20(30)15-8-9-15)26-29(23(19)31)12-14-6-7-14/h3-5,10,13-15,25H,6-9,11-12H2,1-2H3. The lowest BCUT2D eigenvalue weighted by Gasteiger charge is -2.15. The highest BCUT2D eigenvalue weighted by molar-refractivity contribution is 5.85. The van der Waals surface area contributed by atoms with Gasteiger partial charge >= 0.3 is 0 Å². The number of aryl methyl sites for hydroxylation is 1. The number of carbonyl (C=O) groups is 1. The fourth-order valence-corrected chi connectivity index (χ4v) is 3.81. The van der Waals surface area contributed by atoms with Crippen molar-refractivity contribution in [1.29, 1.82) is 0 Å². The SMILES string of the molecule is COc1c(Nc2cc(CC(=O)C3CC3)nn(CC3CC3)c2=O)cccc1-c1ncn(C)n1. The van der Waals surface area contributed by atoms with E-state index in [-0.39, 0.29) is 23.7 Å². The van der Waals surface area contributed by atoms with E-state index in [0.717, 1.165) is 31.2 Å². The van der Waals surface area contributed by atoms with Gasteiger partial charge in [0, 0.05) is 19.5 Å². The van der Waals surface area contributed by atoms with Gasteiger partial charge in [-0.15, -0.1) is 0 Å². The van der Waals surface area contributed by atoms with E-state index in [1.807, 2.05) is 18.2 Å². The van der Waals surface area contributed by atoms with Crippen molar-refractivity contribution in [3.05, 3.63) is 46.6 Å². The lowest BCUT2D eigenvalue weighted by molar-refractivity contribution is -0.119. The van der Waals surface area contributed by atoms with Crippen molar-refractivity contribution in [3.8, 4) is 17.1 Å². The normalized spacial score (nSPS) is 15.6. The second-order valence-corrected chi connectivity index (χ2v) is 8.65. The van der Waals surface area contributed by atoms with Gasteiger partial charge in [0.1, 0.15) is 17.8 Å². The number of rotatable bonds is 9. The fourth-order valence-electron chi connectivity index (χ4n) is 3.81. The summed E-state index contributed by atoms with van der Waals surface area (Å²) >= 11 is 0. The summed E-state index contributed by atoms with van der Waals surface area (Å²) in [6.45, 7) is 0.577. The maximum atomic E-state index is 13.2. The van der Waals surface area contributed by atoms with E-state index in [2.05, 4.69) is 20.5 Å². The molecule has 2 fully saturated rings. The first-order valence-corrected chi connectivity index (χ1v) is 11.0. The average molecular weight is 435 g/mol. The second-order valence-electron chi connectivity index (χ2n) is 8.65. The summed E-state index contributed by atoms with van der Waals surface area (Å²) in [5, 5.41) is 12.1. The van der Waals surface area contributed by atoms with Crippen LogP contribution in [0.1, 0.15) is 31.4 Å². The van der Waals surface area contributed by atoms with Crippen molar-refractivity contribution >= 4 is 17.2 Å². The number of anilines is 2. The van der Waals surface area contributed by atoms with Crippen molar-refractivity contribution in [2.75, 3.05) is 12.4 Å². The first-order valence-electron chi connectivity index (χ1n) is 11.0. The number of ether oxygens (including phenoxy) is 1. The molecule has 1 aromatic carbocycles. The highest BCUT2D eigenvalue weighted by Gasteiger charge is 2.30. The topological polar surface area (TPSA) is 104 Å². The minimum absolute atomic E-state index is 0.152. The van der Waals surface area contributed by atoms with Gasteiger partial charge in [-0.05, 0) is 49.8 Å². The number of nitrogens with zero attached hydrogens (tertiary/aromatic N) is 5. The van der Waals surface area contributed by atoms with Crippen LogP contribution in [0.3, 0.4) is 0 Å². The maximum Gasteiger partial charge on any atom is 0.290 e. The lowest BCUT2D eigenvalue weighted by Crippen LogP contribution is -2.28. The molecule has 0 spiro atoms. The molecule has 0 radical (unpaired) electrons. The molecule has 2 aliphatic rings. The molecule has 166 valence electrons. The predicted octanol–water partition coefficient (Wildman–Crippen LogP) is 2.72. The molecule has 0 aliphatic heterocycles. The molecule has 0 atom stereocenters. The molecular weight excluding hydrogens is 408 g/mol. The molecule has 2 aliphatic carbocycles. The zero-order valence-corrected chi connectivity index (χ0v) is 18.2. The Morgan fingerprint density at radius 1 is 1.19 bits per heavy atom. The van der Waals surface area contributed by atoms with Gasteiger partial charge in [-0.25, -0.2) is 9.67 Å². The summed E-state index contributed by atoms with van der Waals surface area (Å²) < 4.78 is 8.79. The minimum atomic E-state index is -0.206. The Labute approximate surface area is 185 Å². The number of benzene rings is 1. The van der Waals surface area contributed by atoms with Crippen LogP contribution in [-0.4, -0.2) is 37.4 Å². The van der Waals surface area contributed by atoms with E-state index in [1.165, 1.54) is 4.68 Å². The van der Waals surface area contributed by atoms with E-state index in [0.29, 0.717) is 41.1 Å². The molecule has 0 bridgehead atoms. The van der Waals surface area contributed by atoms with Crippen molar-refractivity contribution in [2.24, 2.45) is 18.9 Å². The lowest BCUT2D eigenvalue weighted by atomic mass is 10.1. The molecule has 5 rings (SSSR count). The van der Waals surface area contributed by atoms with Crippen molar-refractivity contribution in [2.45, 2.75) is 38.6 Å². The van der Waals surface area contributed by atoms with Gasteiger partial charge in [-0.1, -0.05) is 6.07 Å². The van der Waals surface area contributed by atoms with Gasteiger partial charge in [-0.3, -0.25) is 14.3 Å². The molecule has 9 heteroatoms. The van der Waals surface area contributed by atoms with E-state index in [4.69, 9.17) is 4.74 Å². The summed E-state index contributed by atoms with van der Waals surface area (Å²) in [5.41, 5.74) is 2.13. The Kier molecular flexibility index (Phi) is 5.24. The number of methoxy groups -OCH3 is 1. The van der Waals surface area contributed by atoms with E-state index in [9.17, 15) is 9.59 Å². The Morgan fingerprint density at radius 2 is 2.00 bits per heavy atom. The third-order valence-corrected chi connectivity index (χ3v) is 5.87. The number of ketones is 1. The molecule has 2 heterocycles. The van der Waals surface area contributed by atoms with E-state index >= 15 is 0 Å². The first-order chi connectivity index (χ1) is 15.5. The van der Waals surface area contributed by atoms with Crippen LogP contribution in [0.25, 0.3) is 11.4 Å². The first kappa shape index (κ1) is 20.4. The Hall–Kier alpha value is -3.49. The van der Waals surface area contributed by atoms with E-state index in [1.54, 1.807) is 31.2 Å². The fraction of sp³-hybridized carbons (Fsp3) is 0.435. The minimum Gasteiger partial charge on any atom is -0.494 e. The predicted molar refractivity (Wildman–Crippen MR) is 119 cm³/mol. The number of hydrogen-bond acceptors (Lipinski definition) is 7. The van der Waals surface area contributed by atoms with Gasteiger partial charge in [0.15, 0.2) is 11.6 Å². The van der Waals surface area contributed by atoms with E-state index < -0.39 is 0 Å². The summed E-state index contributed by atoms with van der Waals surface area (Å²) in [5.74, 6) is 1.90. The van der Waals surface area contributed by atoms with Gasteiger partial charge in [0.2, 0.25) is 0 Å². The molecule has 0 saturated heterocycles. The van der Waals surface area contributed by atoms with Crippen LogP contribution in [0.15, 0.2) is 35.4 Å². The number of para-hydroxylation sites is 1. The second kappa shape index (κ2) is 8.22. The Morgan fingerprint density at radius 3 is 2.66 bits per heavy atom. The summed E-state index contributed by atoms with van der Waals surface area (Å²) in [4.78, 5) is 29.9. The van der Waals surface area contributed by atoms with Gasteiger partial charge in [-0.2, -0.15) is 10.2 Å². The van der Waals surface area contributed by atoms with Crippen LogP contribution in [-0.2, 0) is 24.8 Å². The van der Waals surface area contributed by atoms with Gasteiger partial charge in [0.25, 0.3) is 5.56 Å². The van der Waals surface area contributed by atoms with Crippen LogP contribution >= 0.6 is 0 Å².